The fourth-order valence-electron chi connectivity index (χ4n) is 7.90. The van der Waals surface area contributed by atoms with Gasteiger partial charge in [0.2, 0.25) is 5.91 Å². The summed E-state index contributed by atoms with van der Waals surface area (Å²) < 4.78 is 5.87. The summed E-state index contributed by atoms with van der Waals surface area (Å²) in [5, 5.41) is 23.8. The number of hydrogen-bond donors (Lipinski definition) is 3. The monoisotopic (exact) mass is 906 g/mol. The first kappa shape index (κ1) is 62.0. The molecule has 65 heavy (non-hydrogen) atoms. The predicted molar refractivity (Wildman–Crippen MR) is 282 cm³/mol. The molecule has 0 radical (unpaired) electrons. The van der Waals surface area contributed by atoms with Crippen LogP contribution in [-0.4, -0.2) is 46.9 Å². The van der Waals surface area contributed by atoms with Crippen LogP contribution in [0.4, 0.5) is 0 Å². The maximum Gasteiger partial charge on any atom is 0.306 e. The number of carbonyl (C=O) groups excluding carboxylic acids is 2. The number of allylic oxidation sites excluding steroid dienone is 13. The van der Waals surface area contributed by atoms with Crippen molar-refractivity contribution in [3.05, 3.63) is 85.1 Å². The lowest BCUT2D eigenvalue weighted by Gasteiger charge is -2.24. The van der Waals surface area contributed by atoms with Crippen LogP contribution in [-0.2, 0) is 14.3 Å². The van der Waals surface area contributed by atoms with Crippen LogP contribution in [0.3, 0.4) is 0 Å². The molecule has 0 bridgehead atoms. The topological polar surface area (TPSA) is 95.9 Å². The minimum atomic E-state index is -0.818. The molecule has 6 nitrogen and oxygen atoms in total. The van der Waals surface area contributed by atoms with Crippen molar-refractivity contribution in [1.82, 2.24) is 5.32 Å². The Morgan fingerprint density at radius 2 is 0.862 bits per heavy atom. The molecule has 6 heteroatoms. The third-order valence-corrected chi connectivity index (χ3v) is 12.0. The Morgan fingerprint density at radius 3 is 1.31 bits per heavy atom. The Balaban J connectivity index is 4.66. The Morgan fingerprint density at radius 1 is 0.477 bits per heavy atom. The quantitative estimate of drug-likeness (QED) is 0.0321. The number of unbranched alkanes of at least 4 members (excludes halogenated alkanes) is 23. The Bertz CT molecular complexity index is 1250. The van der Waals surface area contributed by atoms with E-state index in [1.165, 1.54) is 116 Å². The Hall–Kier alpha value is -2.96. The van der Waals surface area contributed by atoms with Gasteiger partial charge in [-0.25, -0.2) is 0 Å². The van der Waals surface area contributed by atoms with Gasteiger partial charge < -0.3 is 20.3 Å². The SMILES string of the molecule is CC/C=C\C/C=C\C/C=C\C/C=C\C/C=C\CC(CC(=O)NC(CO)C(O)CCCCCCCCCCCCCCCCCCC)OC(=O)CCCCCCCCC/C=C/C/C=C/CC. The molecular weight excluding hydrogens is 803 g/mol. The second-order valence-corrected chi connectivity index (χ2v) is 18.2. The zero-order valence-corrected chi connectivity index (χ0v) is 42.6. The van der Waals surface area contributed by atoms with Gasteiger partial charge in [0.25, 0.3) is 0 Å². The molecule has 3 atom stereocenters. The van der Waals surface area contributed by atoms with Crippen LogP contribution < -0.4 is 5.32 Å². The van der Waals surface area contributed by atoms with Crippen molar-refractivity contribution in [2.75, 3.05) is 6.61 Å². The fraction of sp³-hybridized carbons (Fsp3) is 0.729. The molecule has 0 spiro atoms. The van der Waals surface area contributed by atoms with Crippen molar-refractivity contribution in [3.8, 4) is 0 Å². The number of ether oxygens (including phenoxy) is 1. The number of esters is 1. The maximum absolute atomic E-state index is 13.2. The molecule has 0 aliphatic rings. The highest BCUT2D eigenvalue weighted by molar-refractivity contribution is 5.77. The van der Waals surface area contributed by atoms with Gasteiger partial charge in [-0.2, -0.15) is 0 Å². The molecule has 0 heterocycles. The minimum absolute atomic E-state index is 0.00692. The summed E-state index contributed by atoms with van der Waals surface area (Å²) >= 11 is 0. The number of aliphatic hydroxyl groups excluding tert-OH is 2. The van der Waals surface area contributed by atoms with E-state index >= 15 is 0 Å². The van der Waals surface area contributed by atoms with Crippen LogP contribution in [0, 0.1) is 0 Å². The Labute approximate surface area is 402 Å². The molecule has 0 aliphatic heterocycles. The van der Waals surface area contributed by atoms with E-state index in [0.29, 0.717) is 19.3 Å². The molecule has 0 rings (SSSR count). The molecule has 0 aromatic rings. The third-order valence-electron chi connectivity index (χ3n) is 12.0. The average Bonchev–Trinajstić information content (AvgIpc) is 3.30. The van der Waals surface area contributed by atoms with E-state index in [2.05, 4.69) is 99.0 Å². The lowest BCUT2D eigenvalue weighted by atomic mass is 10.0. The number of aliphatic hydroxyl groups is 2. The highest BCUT2D eigenvalue weighted by atomic mass is 16.5. The van der Waals surface area contributed by atoms with Crippen molar-refractivity contribution < 1.29 is 24.5 Å². The van der Waals surface area contributed by atoms with Crippen LogP contribution in [0.5, 0.6) is 0 Å². The highest BCUT2D eigenvalue weighted by Gasteiger charge is 2.23. The molecule has 0 saturated heterocycles. The zero-order chi connectivity index (χ0) is 47.4. The van der Waals surface area contributed by atoms with Crippen LogP contribution in [0.25, 0.3) is 0 Å². The molecule has 0 aromatic heterocycles. The van der Waals surface area contributed by atoms with Gasteiger partial charge in [-0.05, 0) is 70.6 Å². The van der Waals surface area contributed by atoms with Crippen molar-refractivity contribution in [2.45, 2.75) is 270 Å². The van der Waals surface area contributed by atoms with Crippen LogP contribution in [0.1, 0.15) is 252 Å². The van der Waals surface area contributed by atoms with Crippen molar-refractivity contribution in [2.24, 2.45) is 0 Å². The van der Waals surface area contributed by atoms with Crippen LogP contribution >= 0.6 is 0 Å². The van der Waals surface area contributed by atoms with E-state index in [0.717, 1.165) is 89.9 Å². The predicted octanol–water partition coefficient (Wildman–Crippen LogP) is 16.7. The maximum atomic E-state index is 13.2. The molecule has 0 aliphatic carbocycles. The molecule has 1 amide bonds. The summed E-state index contributed by atoms with van der Waals surface area (Å²) in [6.45, 7) is 6.25. The van der Waals surface area contributed by atoms with E-state index in [9.17, 15) is 19.8 Å². The third kappa shape index (κ3) is 47.3. The smallest absolute Gasteiger partial charge is 0.306 e. The molecular formula is C59H103NO5. The summed E-state index contributed by atoms with van der Waals surface area (Å²) in [5.41, 5.74) is 0. The minimum Gasteiger partial charge on any atom is -0.461 e. The van der Waals surface area contributed by atoms with Gasteiger partial charge in [0.1, 0.15) is 6.10 Å². The average molecular weight is 906 g/mol. The van der Waals surface area contributed by atoms with Gasteiger partial charge in [-0.1, -0.05) is 247 Å². The molecule has 0 fully saturated rings. The molecule has 0 saturated carbocycles. The summed E-state index contributed by atoms with van der Waals surface area (Å²) in [4.78, 5) is 26.2. The van der Waals surface area contributed by atoms with Gasteiger partial charge in [0.05, 0.1) is 25.2 Å². The first-order chi connectivity index (χ1) is 32.0. The zero-order valence-electron chi connectivity index (χ0n) is 42.6. The molecule has 0 aromatic carbocycles. The number of hydrogen-bond acceptors (Lipinski definition) is 5. The van der Waals surface area contributed by atoms with Crippen LogP contribution in [0.2, 0.25) is 0 Å². The summed E-state index contributed by atoms with van der Waals surface area (Å²) in [5.74, 6) is -0.590. The van der Waals surface area contributed by atoms with Gasteiger partial charge in [0, 0.05) is 12.8 Å². The number of nitrogens with one attached hydrogen (secondary N) is 1. The normalized spacial score (nSPS) is 13.9. The second-order valence-electron chi connectivity index (χ2n) is 18.2. The Kier molecular flexibility index (Phi) is 49.6. The van der Waals surface area contributed by atoms with E-state index in [4.69, 9.17) is 4.74 Å². The van der Waals surface area contributed by atoms with Gasteiger partial charge in [-0.3, -0.25) is 9.59 Å². The molecule has 3 N–H and O–H groups in total. The van der Waals surface area contributed by atoms with E-state index in [1.54, 1.807) is 0 Å². The first-order valence-electron chi connectivity index (χ1n) is 27.3. The number of rotatable bonds is 48. The van der Waals surface area contributed by atoms with Crippen molar-refractivity contribution in [1.29, 1.82) is 0 Å². The van der Waals surface area contributed by atoms with Crippen molar-refractivity contribution >= 4 is 11.9 Å². The second kappa shape index (κ2) is 52.0. The molecule has 374 valence electrons. The highest BCUT2D eigenvalue weighted by Crippen LogP contribution is 2.17. The van der Waals surface area contributed by atoms with E-state index in [1.807, 2.05) is 12.2 Å². The standard InChI is InChI=1S/C59H103NO5/c1-4-7-10-13-16-19-22-25-28-29-31-33-36-39-42-45-48-51-57(62)56(54-61)60-58(63)53-55(50-47-44-41-38-35-32-30-26-23-20-17-14-11-8-5-2)65-59(64)52-49-46-43-40-37-34-27-24-21-18-15-12-9-6-3/h8-9,11-12,17-18,20-21,26,30,35,38,44,47,55-57,61-62H,4-7,10,13-16,19,22-25,27-29,31-34,36-37,39-43,45-46,48-54H2,1-3H3,(H,60,63)/b11-8-,12-9+,20-17-,21-18+,30-26-,38-35-,47-44-. The first-order valence-corrected chi connectivity index (χ1v) is 27.3. The van der Waals surface area contributed by atoms with Gasteiger partial charge in [0.15, 0.2) is 0 Å². The summed E-state index contributed by atoms with van der Waals surface area (Å²) in [6, 6.07) is -0.738. The lowest BCUT2D eigenvalue weighted by Crippen LogP contribution is -2.46. The summed E-state index contributed by atoms with van der Waals surface area (Å²) in [6.07, 6.45) is 68.1. The number of carbonyl (C=O) groups is 2. The van der Waals surface area contributed by atoms with E-state index in [-0.39, 0.29) is 24.9 Å². The summed E-state index contributed by atoms with van der Waals surface area (Å²) in [7, 11) is 0. The van der Waals surface area contributed by atoms with Gasteiger partial charge >= 0.3 is 5.97 Å². The van der Waals surface area contributed by atoms with Crippen molar-refractivity contribution in [3.63, 3.8) is 0 Å². The van der Waals surface area contributed by atoms with E-state index < -0.39 is 18.2 Å². The van der Waals surface area contributed by atoms with Gasteiger partial charge in [-0.15, -0.1) is 0 Å². The molecule has 3 unspecified atom stereocenters. The fourth-order valence-corrected chi connectivity index (χ4v) is 7.90. The van der Waals surface area contributed by atoms with Crippen LogP contribution in [0.15, 0.2) is 85.1 Å². The largest absolute Gasteiger partial charge is 0.461 e. The lowest BCUT2D eigenvalue weighted by molar-refractivity contribution is -0.150. The number of amides is 1.